The second kappa shape index (κ2) is 6.82. The molecule has 0 saturated carbocycles. The molecule has 3 heteroatoms. The van der Waals surface area contributed by atoms with Gasteiger partial charge in [-0.1, -0.05) is 6.92 Å². The lowest BCUT2D eigenvalue weighted by atomic mass is 9.96. The van der Waals surface area contributed by atoms with Crippen LogP contribution >= 0.6 is 0 Å². The quantitative estimate of drug-likeness (QED) is 0.757. The molecule has 0 aliphatic heterocycles. The van der Waals surface area contributed by atoms with Gasteiger partial charge in [-0.2, -0.15) is 0 Å². The first kappa shape index (κ1) is 14.3. The van der Waals surface area contributed by atoms with Crippen molar-refractivity contribution in [2.45, 2.75) is 51.7 Å². The van der Waals surface area contributed by atoms with Gasteiger partial charge in [0.15, 0.2) is 0 Å². The molecule has 98 valence electrons. The second-order valence-electron chi connectivity index (χ2n) is 5.10. The van der Waals surface area contributed by atoms with E-state index < -0.39 is 0 Å². The van der Waals surface area contributed by atoms with Crippen LogP contribution in [-0.4, -0.2) is 25.3 Å². The van der Waals surface area contributed by atoms with E-state index in [0.29, 0.717) is 6.04 Å². The number of hydrogen-bond donors (Lipinski definition) is 1. The maximum Gasteiger partial charge on any atom is 0.105 e. The Hall–Kier alpha value is -0.800. The Morgan fingerprint density at radius 3 is 2.76 bits per heavy atom. The number of nitrogens with one attached hydrogen (secondary N) is 1. The highest BCUT2D eigenvalue weighted by Gasteiger charge is 2.23. The van der Waals surface area contributed by atoms with Crippen LogP contribution in [0.3, 0.4) is 0 Å². The molecule has 0 amide bonds. The third kappa shape index (κ3) is 5.37. The minimum absolute atomic E-state index is 0.0992. The zero-order chi connectivity index (χ0) is 12.7. The Morgan fingerprint density at radius 1 is 1.47 bits per heavy atom. The van der Waals surface area contributed by atoms with Crippen molar-refractivity contribution in [2.24, 2.45) is 0 Å². The first-order chi connectivity index (χ1) is 8.07. The standard InChI is InChI=1S/C14H25NO2/c1-5-8-15-12(11-14(2,3)16-4)10-13-7-6-9-17-13/h6-7,9,12,15H,5,8,10-11H2,1-4H3. The second-order valence-corrected chi connectivity index (χ2v) is 5.10. The van der Waals surface area contributed by atoms with E-state index in [-0.39, 0.29) is 5.60 Å². The number of methoxy groups -OCH3 is 1. The van der Waals surface area contributed by atoms with Gasteiger partial charge >= 0.3 is 0 Å². The van der Waals surface area contributed by atoms with Crippen molar-refractivity contribution in [3.8, 4) is 0 Å². The lowest BCUT2D eigenvalue weighted by molar-refractivity contribution is 0.00679. The normalized spacial score (nSPS) is 13.9. The van der Waals surface area contributed by atoms with Gasteiger partial charge in [-0.15, -0.1) is 0 Å². The van der Waals surface area contributed by atoms with Crippen molar-refractivity contribution in [2.75, 3.05) is 13.7 Å². The van der Waals surface area contributed by atoms with Crippen molar-refractivity contribution in [3.63, 3.8) is 0 Å². The molecule has 0 aromatic carbocycles. The molecule has 0 aliphatic rings. The van der Waals surface area contributed by atoms with E-state index in [1.807, 2.05) is 12.1 Å². The smallest absolute Gasteiger partial charge is 0.105 e. The van der Waals surface area contributed by atoms with Gasteiger partial charge in [0.2, 0.25) is 0 Å². The Kier molecular flexibility index (Phi) is 5.72. The summed E-state index contributed by atoms with van der Waals surface area (Å²) in [5, 5.41) is 3.56. The molecular formula is C14H25NO2. The van der Waals surface area contributed by atoms with E-state index in [2.05, 4.69) is 26.1 Å². The molecule has 0 bridgehead atoms. The molecule has 0 aliphatic carbocycles. The highest BCUT2D eigenvalue weighted by molar-refractivity contribution is 5.01. The van der Waals surface area contributed by atoms with Gasteiger partial charge in [0, 0.05) is 19.6 Å². The number of furan rings is 1. The average Bonchev–Trinajstić information content (AvgIpc) is 2.78. The van der Waals surface area contributed by atoms with Crippen molar-refractivity contribution in [1.29, 1.82) is 0 Å². The summed E-state index contributed by atoms with van der Waals surface area (Å²) < 4.78 is 10.9. The van der Waals surface area contributed by atoms with Crippen LogP contribution in [0, 0.1) is 0 Å². The van der Waals surface area contributed by atoms with Crippen molar-refractivity contribution < 1.29 is 9.15 Å². The molecular weight excluding hydrogens is 214 g/mol. The topological polar surface area (TPSA) is 34.4 Å². The summed E-state index contributed by atoms with van der Waals surface area (Å²) in [5.74, 6) is 1.03. The Morgan fingerprint density at radius 2 is 2.24 bits per heavy atom. The summed E-state index contributed by atoms with van der Waals surface area (Å²) in [6, 6.07) is 4.37. The molecule has 0 saturated heterocycles. The van der Waals surface area contributed by atoms with Crippen LogP contribution in [0.1, 0.15) is 39.4 Å². The number of ether oxygens (including phenoxy) is 1. The summed E-state index contributed by atoms with van der Waals surface area (Å²) in [6.45, 7) is 7.45. The van der Waals surface area contributed by atoms with Gasteiger partial charge in [-0.3, -0.25) is 0 Å². The summed E-state index contributed by atoms with van der Waals surface area (Å²) in [5.41, 5.74) is -0.0992. The zero-order valence-electron chi connectivity index (χ0n) is 11.5. The minimum atomic E-state index is -0.0992. The Balaban J connectivity index is 2.54. The number of rotatable bonds is 8. The van der Waals surface area contributed by atoms with E-state index in [4.69, 9.17) is 9.15 Å². The van der Waals surface area contributed by atoms with E-state index >= 15 is 0 Å². The summed E-state index contributed by atoms with van der Waals surface area (Å²) >= 11 is 0. The minimum Gasteiger partial charge on any atom is -0.469 e. The first-order valence-corrected chi connectivity index (χ1v) is 6.38. The van der Waals surface area contributed by atoms with Crippen LogP contribution < -0.4 is 5.32 Å². The SMILES string of the molecule is CCCNC(Cc1ccco1)CC(C)(C)OC. The lowest BCUT2D eigenvalue weighted by Gasteiger charge is -2.28. The summed E-state index contributed by atoms with van der Waals surface area (Å²) in [7, 11) is 1.77. The molecule has 3 nitrogen and oxygen atoms in total. The fourth-order valence-electron chi connectivity index (χ4n) is 1.91. The monoisotopic (exact) mass is 239 g/mol. The lowest BCUT2D eigenvalue weighted by Crippen LogP contribution is -2.39. The third-order valence-corrected chi connectivity index (χ3v) is 3.00. The summed E-state index contributed by atoms with van der Waals surface area (Å²) in [6.07, 6.45) is 4.76. The largest absolute Gasteiger partial charge is 0.469 e. The van der Waals surface area contributed by atoms with Gasteiger partial charge in [-0.05, 0) is 45.4 Å². The molecule has 1 rings (SSSR count). The maximum absolute atomic E-state index is 5.50. The van der Waals surface area contributed by atoms with E-state index in [9.17, 15) is 0 Å². The van der Waals surface area contributed by atoms with Crippen molar-refractivity contribution in [3.05, 3.63) is 24.2 Å². The molecule has 1 unspecified atom stereocenters. The molecule has 0 spiro atoms. The fraction of sp³-hybridized carbons (Fsp3) is 0.714. The van der Waals surface area contributed by atoms with Crippen LogP contribution in [0.4, 0.5) is 0 Å². The van der Waals surface area contributed by atoms with Crippen molar-refractivity contribution in [1.82, 2.24) is 5.32 Å². The van der Waals surface area contributed by atoms with Gasteiger partial charge in [0.05, 0.1) is 11.9 Å². The van der Waals surface area contributed by atoms with Crippen LogP contribution in [0.15, 0.2) is 22.8 Å². The molecule has 17 heavy (non-hydrogen) atoms. The maximum atomic E-state index is 5.50. The highest BCUT2D eigenvalue weighted by atomic mass is 16.5. The van der Waals surface area contributed by atoms with Gasteiger partial charge in [0.25, 0.3) is 0 Å². The molecule has 0 radical (unpaired) electrons. The molecule has 0 fully saturated rings. The average molecular weight is 239 g/mol. The van der Waals surface area contributed by atoms with E-state index in [1.54, 1.807) is 13.4 Å². The molecule has 1 N–H and O–H groups in total. The van der Waals surface area contributed by atoms with E-state index in [1.165, 1.54) is 0 Å². The van der Waals surface area contributed by atoms with Crippen LogP contribution in [0.25, 0.3) is 0 Å². The number of hydrogen-bond acceptors (Lipinski definition) is 3. The van der Waals surface area contributed by atoms with Gasteiger partial charge in [-0.25, -0.2) is 0 Å². The van der Waals surface area contributed by atoms with Gasteiger partial charge in [0.1, 0.15) is 5.76 Å². The summed E-state index contributed by atoms with van der Waals surface area (Å²) in [4.78, 5) is 0. The molecule has 1 heterocycles. The van der Waals surface area contributed by atoms with Gasteiger partial charge < -0.3 is 14.5 Å². The van der Waals surface area contributed by atoms with Crippen LogP contribution in [-0.2, 0) is 11.2 Å². The highest BCUT2D eigenvalue weighted by Crippen LogP contribution is 2.18. The third-order valence-electron chi connectivity index (χ3n) is 3.00. The molecule has 1 aromatic rings. The molecule has 1 aromatic heterocycles. The Bertz CT molecular complexity index is 293. The first-order valence-electron chi connectivity index (χ1n) is 6.38. The van der Waals surface area contributed by atoms with Crippen molar-refractivity contribution >= 4 is 0 Å². The van der Waals surface area contributed by atoms with Crippen LogP contribution in [0.2, 0.25) is 0 Å². The van der Waals surface area contributed by atoms with E-state index in [0.717, 1.165) is 31.6 Å². The zero-order valence-corrected chi connectivity index (χ0v) is 11.5. The predicted molar refractivity (Wildman–Crippen MR) is 70.2 cm³/mol. The Labute approximate surface area is 105 Å². The fourth-order valence-corrected chi connectivity index (χ4v) is 1.91. The predicted octanol–water partition coefficient (Wildman–Crippen LogP) is 3.01. The van der Waals surface area contributed by atoms with Crippen LogP contribution in [0.5, 0.6) is 0 Å². The molecule has 1 atom stereocenters.